The molecule has 33 heavy (non-hydrogen) atoms. The van der Waals surface area contributed by atoms with Gasteiger partial charge in [-0.15, -0.1) is 15.0 Å². The van der Waals surface area contributed by atoms with Crippen LogP contribution in [0, 0.1) is 0 Å². The van der Waals surface area contributed by atoms with E-state index in [9.17, 15) is 14.4 Å². The molecule has 0 unspecified atom stereocenters. The molecule has 1 aromatic heterocycles. The zero-order valence-electron chi connectivity index (χ0n) is 18.7. The van der Waals surface area contributed by atoms with Crippen LogP contribution in [0.4, 0.5) is 0 Å². The number of aromatic nitrogens is 3. The van der Waals surface area contributed by atoms with Gasteiger partial charge in [-0.1, -0.05) is 18.2 Å². The second-order valence-corrected chi connectivity index (χ2v) is 5.73. The van der Waals surface area contributed by atoms with Crippen LogP contribution in [0.3, 0.4) is 0 Å². The van der Waals surface area contributed by atoms with Crippen molar-refractivity contribution in [2.24, 2.45) is 0 Å². The van der Waals surface area contributed by atoms with E-state index in [4.69, 9.17) is 28.4 Å². The Morgan fingerprint density at radius 1 is 0.545 bits per heavy atom. The summed E-state index contributed by atoms with van der Waals surface area (Å²) in [6.07, 6.45) is 8.46. The lowest BCUT2D eigenvalue weighted by atomic mass is 10.5. The number of nitrogens with zero attached hydrogens (tertiary/aromatic N) is 3. The number of carbonyl (C=O) groups excluding carboxylic acids is 3. The molecular weight excluding hydrogens is 438 g/mol. The Morgan fingerprint density at radius 2 is 0.818 bits per heavy atom. The maximum Gasteiger partial charge on any atom is 0.330 e. The molecule has 0 spiro atoms. The lowest BCUT2D eigenvalue weighted by Crippen LogP contribution is -2.16. The van der Waals surface area contributed by atoms with E-state index in [-0.39, 0.29) is 57.7 Å². The summed E-state index contributed by atoms with van der Waals surface area (Å²) in [5.74, 6) is -1.53. The summed E-state index contributed by atoms with van der Waals surface area (Å²) in [5, 5.41) is 0. The highest BCUT2D eigenvalue weighted by Gasteiger charge is 2.11. The fourth-order valence-corrected chi connectivity index (χ4v) is 1.89. The number of hydrogen-bond donors (Lipinski definition) is 0. The second kappa shape index (κ2) is 16.7. The van der Waals surface area contributed by atoms with Crippen molar-refractivity contribution in [3.63, 3.8) is 0 Å². The Kier molecular flexibility index (Phi) is 13.7. The minimum absolute atomic E-state index is 0.0336. The van der Waals surface area contributed by atoms with Gasteiger partial charge < -0.3 is 28.4 Å². The normalized spacial score (nSPS) is 11.0. The highest BCUT2D eigenvalue weighted by molar-refractivity contribution is 5.82. The van der Waals surface area contributed by atoms with Crippen molar-refractivity contribution >= 4 is 17.9 Å². The Balaban J connectivity index is 2.66. The first-order chi connectivity index (χ1) is 16.0. The molecular formula is C21H27N3O9. The van der Waals surface area contributed by atoms with Gasteiger partial charge in [0.15, 0.2) is 0 Å². The van der Waals surface area contributed by atoms with Crippen LogP contribution < -0.4 is 14.2 Å². The van der Waals surface area contributed by atoms with Crippen LogP contribution in [0.15, 0.2) is 36.5 Å². The van der Waals surface area contributed by atoms with E-state index in [1.54, 1.807) is 39.0 Å². The molecule has 1 heterocycles. The number of hydrogen-bond acceptors (Lipinski definition) is 12. The van der Waals surface area contributed by atoms with E-state index in [2.05, 4.69) is 15.0 Å². The van der Waals surface area contributed by atoms with Crippen LogP contribution in [-0.2, 0) is 28.6 Å². The van der Waals surface area contributed by atoms with E-state index in [0.717, 1.165) is 0 Å². The summed E-state index contributed by atoms with van der Waals surface area (Å²) in [5.41, 5.74) is 0. The van der Waals surface area contributed by atoms with Crippen LogP contribution in [0.25, 0.3) is 0 Å². The smallest absolute Gasteiger partial charge is 0.330 e. The number of ether oxygens (including phenoxy) is 6. The number of rotatable bonds is 15. The van der Waals surface area contributed by atoms with Gasteiger partial charge in [0.2, 0.25) is 0 Å². The van der Waals surface area contributed by atoms with Crippen LogP contribution in [0.1, 0.15) is 20.8 Å². The Morgan fingerprint density at radius 3 is 1.06 bits per heavy atom. The molecule has 12 heteroatoms. The monoisotopic (exact) mass is 465 g/mol. The largest absolute Gasteiger partial charge is 0.460 e. The summed E-state index contributed by atoms with van der Waals surface area (Å²) in [7, 11) is 0. The molecule has 180 valence electrons. The third kappa shape index (κ3) is 13.1. The minimum atomic E-state index is -0.510. The molecule has 0 aliphatic carbocycles. The molecule has 0 saturated heterocycles. The summed E-state index contributed by atoms with van der Waals surface area (Å²) >= 11 is 0. The van der Waals surface area contributed by atoms with Crippen LogP contribution in [0.2, 0.25) is 0 Å². The summed E-state index contributed by atoms with van der Waals surface area (Å²) in [6, 6.07) is -0.434. The van der Waals surface area contributed by atoms with Crippen molar-refractivity contribution in [3.05, 3.63) is 36.5 Å². The minimum Gasteiger partial charge on any atom is -0.460 e. The molecule has 12 nitrogen and oxygen atoms in total. The van der Waals surface area contributed by atoms with Crippen molar-refractivity contribution < 1.29 is 42.8 Å². The molecule has 0 saturated carbocycles. The van der Waals surface area contributed by atoms with Crippen LogP contribution in [-0.4, -0.2) is 72.5 Å². The maximum atomic E-state index is 11.3. The fraction of sp³-hybridized carbons (Fsp3) is 0.429. The molecule has 0 atom stereocenters. The Hall–Kier alpha value is -3.96. The molecule has 1 aromatic rings. The van der Waals surface area contributed by atoms with Gasteiger partial charge in [-0.3, -0.25) is 0 Å². The molecule has 0 amide bonds. The highest BCUT2D eigenvalue weighted by atomic mass is 16.6. The van der Waals surface area contributed by atoms with Gasteiger partial charge in [0.1, 0.15) is 39.6 Å². The lowest BCUT2D eigenvalue weighted by Gasteiger charge is -2.10. The zero-order chi connectivity index (χ0) is 24.3. The molecule has 0 aliphatic heterocycles. The molecule has 1 rings (SSSR count). The molecule has 0 aliphatic rings. The van der Waals surface area contributed by atoms with E-state index in [0.29, 0.717) is 0 Å². The van der Waals surface area contributed by atoms with Gasteiger partial charge in [-0.25, -0.2) is 14.4 Å². The molecule has 0 bridgehead atoms. The zero-order valence-corrected chi connectivity index (χ0v) is 18.7. The van der Waals surface area contributed by atoms with Crippen molar-refractivity contribution in [2.75, 3.05) is 39.6 Å². The van der Waals surface area contributed by atoms with Crippen LogP contribution >= 0.6 is 0 Å². The second-order valence-electron chi connectivity index (χ2n) is 5.73. The Bertz CT molecular complexity index is 732. The average Bonchev–Trinajstić information content (AvgIpc) is 2.78. The predicted molar refractivity (Wildman–Crippen MR) is 114 cm³/mol. The standard InChI is InChI=1S/C21H27N3O9/c1-4-7-16(25)28-10-13-31-19-22-20(32-14-11-29-17(26)8-5-2)24-21(23-19)33-15-12-30-18(27)9-6-3/h4-9H,10-15H2,1-3H3. The first-order valence-electron chi connectivity index (χ1n) is 10.0. The molecule has 0 radical (unpaired) electrons. The van der Waals surface area contributed by atoms with Crippen molar-refractivity contribution in [2.45, 2.75) is 20.8 Å². The van der Waals surface area contributed by atoms with E-state index >= 15 is 0 Å². The summed E-state index contributed by atoms with van der Waals surface area (Å²) in [4.78, 5) is 45.8. The van der Waals surface area contributed by atoms with Crippen molar-refractivity contribution in [1.29, 1.82) is 0 Å². The average molecular weight is 465 g/mol. The summed E-state index contributed by atoms with van der Waals surface area (Å²) in [6.45, 7) is 4.85. The van der Waals surface area contributed by atoms with Crippen molar-refractivity contribution in [1.82, 2.24) is 15.0 Å². The summed E-state index contributed by atoms with van der Waals surface area (Å²) < 4.78 is 30.8. The maximum absolute atomic E-state index is 11.3. The Labute approximate surface area is 191 Å². The first-order valence-corrected chi connectivity index (χ1v) is 10.0. The third-order valence-corrected chi connectivity index (χ3v) is 3.16. The van der Waals surface area contributed by atoms with Gasteiger partial charge in [-0.05, 0) is 20.8 Å². The quantitative estimate of drug-likeness (QED) is 0.159. The van der Waals surface area contributed by atoms with E-state index in [1.807, 2.05) is 0 Å². The first kappa shape index (κ1) is 27.1. The predicted octanol–water partition coefficient (Wildman–Crippen LogP) is 1.37. The lowest BCUT2D eigenvalue weighted by molar-refractivity contribution is -0.139. The van der Waals surface area contributed by atoms with Gasteiger partial charge >= 0.3 is 35.9 Å². The van der Waals surface area contributed by atoms with Gasteiger partial charge in [0.25, 0.3) is 0 Å². The van der Waals surface area contributed by atoms with Gasteiger partial charge in [0, 0.05) is 18.2 Å². The molecule has 0 fully saturated rings. The van der Waals surface area contributed by atoms with Crippen LogP contribution in [0.5, 0.6) is 18.0 Å². The van der Waals surface area contributed by atoms with E-state index < -0.39 is 17.9 Å². The fourth-order valence-electron chi connectivity index (χ4n) is 1.89. The van der Waals surface area contributed by atoms with E-state index in [1.165, 1.54) is 18.2 Å². The van der Waals surface area contributed by atoms with Crippen molar-refractivity contribution in [3.8, 4) is 18.0 Å². The number of esters is 3. The molecule has 0 N–H and O–H groups in total. The molecule has 0 aromatic carbocycles. The van der Waals surface area contributed by atoms with Gasteiger partial charge in [-0.2, -0.15) is 0 Å². The number of carbonyl (C=O) groups is 3. The SMILES string of the molecule is CC=CC(=O)OCCOc1nc(OCCOC(=O)C=CC)nc(OCCOC(=O)C=CC)n1. The highest BCUT2D eigenvalue weighted by Crippen LogP contribution is 2.14. The third-order valence-electron chi connectivity index (χ3n) is 3.16. The van der Waals surface area contributed by atoms with Gasteiger partial charge in [0.05, 0.1) is 0 Å². The number of allylic oxidation sites excluding steroid dienone is 3. The topological polar surface area (TPSA) is 145 Å².